The monoisotopic (exact) mass is 766 g/mol. The molecule has 4 aromatic carbocycles. The normalized spacial score (nSPS) is 15.6. The Morgan fingerprint density at radius 2 is 1.41 bits per heavy atom. The molecule has 5 aromatic heterocycles. The van der Waals surface area contributed by atoms with Gasteiger partial charge in [-0.25, -0.2) is 0 Å². The number of hydrogen-bond acceptors (Lipinski definition) is 6. The number of nitrogens with zero attached hydrogens (tertiary/aromatic N) is 3. The van der Waals surface area contributed by atoms with Gasteiger partial charge in [-0.05, 0) is 105 Å². The Morgan fingerprint density at radius 3 is 2.19 bits per heavy atom. The van der Waals surface area contributed by atoms with E-state index in [-0.39, 0.29) is 11.8 Å². The first-order valence-electron chi connectivity index (χ1n) is 20.3. The van der Waals surface area contributed by atoms with Crippen LogP contribution in [0.4, 0.5) is 5.69 Å². The van der Waals surface area contributed by atoms with Crippen molar-refractivity contribution in [3.05, 3.63) is 193 Å². The third-order valence-corrected chi connectivity index (χ3v) is 11.7. The van der Waals surface area contributed by atoms with Crippen LogP contribution in [0.3, 0.4) is 0 Å². The molecule has 1 aliphatic rings. The Bertz CT molecular complexity index is 3080. The molecule has 6 nitrogen and oxygen atoms in total. The number of rotatable bonds is 9. The number of benzene rings is 4. The quantitative estimate of drug-likeness (QED) is 0.157. The number of fused-ring (bicyclic) bond motifs is 4. The molecule has 0 amide bonds. The summed E-state index contributed by atoms with van der Waals surface area (Å²) in [6.45, 7) is 4.47. The van der Waals surface area contributed by atoms with Crippen molar-refractivity contribution in [3.63, 3.8) is 0 Å². The summed E-state index contributed by atoms with van der Waals surface area (Å²) in [6.07, 6.45) is 20.1. The van der Waals surface area contributed by atoms with Gasteiger partial charge < -0.3 is 14.6 Å². The largest absolute Gasteiger partial charge is 0.454 e. The zero-order valence-electron chi connectivity index (χ0n) is 33.0. The van der Waals surface area contributed by atoms with Crippen molar-refractivity contribution in [1.82, 2.24) is 15.0 Å². The van der Waals surface area contributed by atoms with Gasteiger partial charge in [-0.2, -0.15) is 0 Å². The van der Waals surface area contributed by atoms with Crippen LogP contribution in [0.25, 0.3) is 77.6 Å². The van der Waals surface area contributed by atoms with Crippen molar-refractivity contribution < 1.29 is 8.83 Å². The number of hydrogen-bond donors (Lipinski definition) is 1. The molecule has 2 atom stereocenters. The lowest BCUT2D eigenvalue weighted by Gasteiger charge is -2.27. The standard InChI is InChI=1S/C53H42N4O2/c1-3-4-13-44(52-50(54)46-29-38(20-22-48(46)58-52)36-9-5-10-37(28-36)40-11-7-25-55-31-40)34-16-18-35(19-17-34)45-24-27-57-51-47-30-39(21-23-49(47)59-53(45)51)42-14-6-15-43(33(42)2)41-12-8-26-56-32-41/h5-33,42H,3-4,54H2,1-2H3/b44-13-. The molecule has 6 heteroatoms. The molecule has 0 fully saturated rings. The molecular formula is C53H42N4O2. The summed E-state index contributed by atoms with van der Waals surface area (Å²) >= 11 is 0. The summed E-state index contributed by atoms with van der Waals surface area (Å²) in [5, 5.41) is 1.92. The lowest BCUT2D eigenvalue weighted by molar-refractivity contribution is 0.601. The Labute approximate surface area is 343 Å². The smallest absolute Gasteiger partial charge is 0.161 e. The van der Waals surface area contributed by atoms with Crippen molar-refractivity contribution in [1.29, 1.82) is 0 Å². The van der Waals surface area contributed by atoms with Crippen LogP contribution in [0.15, 0.2) is 179 Å². The fourth-order valence-electron chi connectivity index (χ4n) is 8.56. The zero-order valence-corrected chi connectivity index (χ0v) is 33.0. The number of furan rings is 2. The summed E-state index contributed by atoms with van der Waals surface area (Å²) < 4.78 is 13.1. The van der Waals surface area contributed by atoms with E-state index in [2.05, 4.69) is 139 Å². The molecule has 5 heterocycles. The van der Waals surface area contributed by atoms with Crippen molar-refractivity contribution >= 4 is 49.9 Å². The van der Waals surface area contributed by atoms with Gasteiger partial charge >= 0.3 is 0 Å². The number of nitrogen functional groups attached to an aromatic ring is 1. The molecule has 0 saturated carbocycles. The molecule has 10 rings (SSSR count). The lowest BCUT2D eigenvalue weighted by atomic mass is 9.77. The van der Waals surface area contributed by atoms with Crippen LogP contribution in [0, 0.1) is 5.92 Å². The van der Waals surface area contributed by atoms with Crippen molar-refractivity contribution in [3.8, 4) is 33.4 Å². The molecule has 59 heavy (non-hydrogen) atoms. The van der Waals surface area contributed by atoms with Crippen LogP contribution in [-0.2, 0) is 0 Å². The molecule has 0 aliphatic heterocycles. The number of anilines is 1. The van der Waals surface area contributed by atoms with Gasteiger partial charge in [-0.15, -0.1) is 0 Å². The fourth-order valence-corrected chi connectivity index (χ4v) is 8.56. The minimum Gasteiger partial charge on any atom is -0.454 e. The SMILES string of the molecule is CCC/C=C(/c1ccc(-c2ccnc3c2oc2ccc(C4C=CC=C(c5cccnc5)C4C)cc23)cc1)c1oc2ccc(-c3cccc(-c4cccnc4)c3)cc2c1N. The third kappa shape index (κ3) is 6.62. The van der Waals surface area contributed by atoms with E-state index in [0.29, 0.717) is 11.4 Å². The van der Waals surface area contributed by atoms with Gasteiger partial charge in [-0.3, -0.25) is 15.0 Å². The van der Waals surface area contributed by atoms with Crippen LogP contribution >= 0.6 is 0 Å². The summed E-state index contributed by atoms with van der Waals surface area (Å²) in [7, 11) is 0. The van der Waals surface area contributed by atoms with Gasteiger partial charge in [0.25, 0.3) is 0 Å². The highest BCUT2D eigenvalue weighted by Crippen LogP contribution is 2.43. The maximum atomic E-state index is 6.96. The van der Waals surface area contributed by atoms with E-state index >= 15 is 0 Å². The predicted octanol–water partition coefficient (Wildman–Crippen LogP) is 13.7. The Kier molecular flexibility index (Phi) is 9.30. The van der Waals surface area contributed by atoms with Crippen LogP contribution < -0.4 is 5.73 Å². The summed E-state index contributed by atoms with van der Waals surface area (Å²) in [5.41, 5.74) is 22.9. The number of allylic oxidation sites excluding steroid dienone is 5. The molecule has 0 bridgehead atoms. The number of pyridine rings is 3. The molecular weight excluding hydrogens is 725 g/mol. The first-order chi connectivity index (χ1) is 29.0. The van der Waals surface area contributed by atoms with Gasteiger partial charge in [0.15, 0.2) is 11.3 Å². The third-order valence-electron chi connectivity index (χ3n) is 11.7. The van der Waals surface area contributed by atoms with E-state index in [1.54, 1.807) is 6.20 Å². The van der Waals surface area contributed by atoms with Crippen LogP contribution in [0.1, 0.15) is 55.1 Å². The average molecular weight is 767 g/mol. The summed E-state index contributed by atoms with van der Waals surface area (Å²) in [4.78, 5) is 13.5. The van der Waals surface area contributed by atoms with E-state index in [1.165, 1.54) is 11.1 Å². The topological polar surface area (TPSA) is 91.0 Å². The molecule has 286 valence electrons. The highest BCUT2D eigenvalue weighted by molar-refractivity contribution is 6.07. The molecule has 2 unspecified atom stereocenters. The Morgan fingerprint density at radius 1 is 0.695 bits per heavy atom. The molecule has 2 N–H and O–H groups in total. The van der Waals surface area contributed by atoms with Gasteiger partial charge in [0.1, 0.15) is 16.7 Å². The lowest BCUT2D eigenvalue weighted by Crippen LogP contribution is -2.12. The van der Waals surface area contributed by atoms with Crippen LogP contribution in [-0.4, -0.2) is 15.0 Å². The van der Waals surface area contributed by atoms with E-state index in [0.717, 1.165) is 96.0 Å². The molecule has 1 aliphatic carbocycles. The first kappa shape index (κ1) is 36.1. The Hall–Kier alpha value is -7.31. The second kappa shape index (κ2) is 15.2. The zero-order chi connectivity index (χ0) is 39.9. The minimum absolute atomic E-state index is 0.216. The second-order valence-corrected chi connectivity index (χ2v) is 15.3. The van der Waals surface area contributed by atoms with Crippen molar-refractivity contribution in [2.75, 3.05) is 5.73 Å². The Balaban J connectivity index is 0.960. The first-order valence-corrected chi connectivity index (χ1v) is 20.3. The van der Waals surface area contributed by atoms with Gasteiger partial charge in [0.2, 0.25) is 0 Å². The number of nitrogens with two attached hydrogens (primary N) is 1. The van der Waals surface area contributed by atoms with Gasteiger partial charge in [0, 0.05) is 64.4 Å². The molecule has 0 saturated heterocycles. The molecule has 0 radical (unpaired) electrons. The minimum atomic E-state index is 0.216. The van der Waals surface area contributed by atoms with Crippen molar-refractivity contribution in [2.24, 2.45) is 5.92 Å². The maximum Gasteiger partial charge on any atom is 0.161 e. The number of unbranched alkanes of at least 4 members (excludes halogenated alkanes) is 1. The summed E-state index contributed by atoms with van der Waals surface area (Å²) in [5.74, 6) is 1.19. The molecule has 9 aromatic rings. The highest BCUT2D eigenvalue weighted by Gasteiger charge is 2.25. The van der Waals surface area contributed by atoms with E-state index in [4.69, 9.17) is 19.6 Å². The predicted molar refractivity (Wildman–Crippen MR) is 241 cm³/mol. The summed E-state index contributed by atoms with van der Waals surface area (Å²) in [6, 6.07) is 40.1. The van der Waals surface area contributed by atoms with Gasteiger partial charge in [-0.1, -0.05) is 111 Å². The van der Waals surface area contributed by atoms with E-state index < -0.39 is 0 Å². The average Bonchev–Trinajstić information content (AvgIpc) is 3.84. The fraction of sp³-hybridized carbons (Fsp3) is 0.113. The van der Waals surface area contributed by atoms with Crippen molar-refractivity contribution in [2.45, 2.75) is 32.6 Å². The van der Waals surface area contributed by atoms with E-state index in [1.807, 2.05) is 49.1 Å². The second-order valence-electron chi connectivity index (χ2n) is 15.3. The van der Waals surface area contributed by atoms with E-state index in [9.17, 15) is 0 Å². The molecule has 0 spiro atoms. The van der Waals surface area contributed by atoms with Gasteiger partial charge in [0.05, 0.1) is 5.69 Å². The highest BCUT2D eigenvalue weighted by atomic mass is 16.3. The van der Waals surface area contributed by atoms with Crippen LogP contribution in [0.2, 0.25) is 0 Å². The maximum absolute atomic E-state index is 6.96. The van der Waals surface area contributed by atoms with Crippen LogP contribution in [0.5, 0.6) is 0 Å². The number of aromatic nitrogens is 3.